The van der Waals surface area contributed by atoms with Crippen molar-refractivity contribution in [2.45, 2.75) is 387 Å². The van der Waals surface area contributed by atoms with Crippen LogP contribution in [0.5, 0.6) is 0 Å². The van der Waals surface area contributed by atoms with E-state index in [1.807, 2.05) is 195 Å². The zero-order valence-electron chi connectivity index (χ0n) is 72.0. The fourth-order valence-electron chi connectivity index (χ4n) is 19.5. The molecule has 9 saturated carbocycles. The molecule has 10 heteroatoms. The zero-order valence-corrected chi connectivity index (χ0v) is 72.0. The highest BCUT2D eigenvalue weighted by molar-refractivity contribution is 5.78. The number of carbonyl (C=O) groups is 5. The van der Waals surface area contributed by atoms with E-state index in [9.17, 15) is 24.0 Å². The van der Waals surface area contributed by atoms with Crippen LogP contribution in [0.15, 0.2) is 91.0 Å². The van der Waals surface area contributed by atoms with Gasteiger partial charge in [-0.2, -0.15) is 0 Å². The third-order valence-electron chi connectivity index (χ3n) is 28.8. The summed E-state index contributed by atoms with van der Waals surface area (Å²) in [4.78, 5) is 62.8. The van der Waals surface area contributed by atoms with Crippen LogP contribution in [0, 0.1) is 79.3 Å². The van der Waals surface area contributed by atoms with Crippen molar-refractivity contribution in [1.82, 2.24) is 0 Å². The van der Waals surface area contributed by atoms with E-state index in [2.05, 4.69) is 62.3 Å². The second-order valence-corrected chi connectivity index (χ2v) is 38.8. The van der Waals surface area contributed by atoms with Crippen LogP contribution in [0.3, 0.4) is 0 Å². The second-order valence-electron chi connectivity index (χ2n) is 38.8. The predicted molar refractivity (Wildman–Crippen MR) is 437 cm³/mol. The average Bonchev–Trinajstić information content (AvgIpc) is 0.717. The van der Waals surface area contributed by atoms with Crippen LogP contribution in [0.1, 0.15) is 375 Å². The van der Waals surface area contributed by atoms with E-state index in [1.54, 1.807) is 0 Å². The van der Waals surface area contributed by atoms with Gasteiger partial charge in [-0.15, -0.1) is 0 Å². The molecular formula is C96H154O10. The topological polar surface area (TPSA) is 132 Å². The summed E-state index contributed by atoms with van der Waals surface area (Å²) in [6, 6.07) is 29.6. The fourth-order valence-corrected chi connectivity index (χ4v) is 19.5. The number of carbonyl (C=O) groups excluding carboxylic acids is 5. The third-order valence-corrected chi connectivity index (χ3v) is 28.8. The lowest BCUT2D eigenvalue weighted by Crippen LogP contribution is -2.60. The summed E-state index contributed by atoms with van der Waals surface area (Å²) in [6.07, 6.45) is 35.5. The van der Waals surface area contributed by atoms with Gasteiger partial charge in [-0.1, -0.05) is 199 Å². The lowest BCUT2D eigenvalue weighted by Gasteiger charge is -2.63. The molecule has 10 nitrogen and oxygen atoms in total. The molecule has 106 heavy (non-hydrogen) atoms. The maximum atomic E-state index is 12.9. The van der Waals surface area contributed by atoms with Gasteiger partial charge in [-0.3, -0.25) is 24.0 Å². The van der Waals surface area contributed by atoms with E-state index in [0.717, 1.165) is 142 Å². The Hall–Kier alpha value is -4.99. The first-order chi connectivity index (χ1) is 49.6. The molecule has 3 aromatic carbocycles. The van der Waals surface area contributed by atoms with E-state index in [4.69, 9.17) is 23.7 Å². The third kappa shape index (κ3) is 22.2. The molecule has 0 amide bonds. The maximum absolute atomic E-state index is 12.9. The van der Waals surface area contributed by atoms with Gasteiger partial charge in [0.25, 0.3) is 0 Å². The molecule has 0 aromatic heterocycles. The van der Waals surface area contributed by atoms with Crippen LogP contribution in [0.4, 0.5) is 0 Å². The van der Waals surface area contributed by atoms with E-state index in [0.29, 0.717) is 5.41 Å². The molecule has 8 bridgehead atoms. The van der Waals surface area contributed by atoms with Gasteiger partial charge >= 0.3 is 29.8 Å². The summed E-state index contributed by atoms with van der Waals surface area (Å²) in [5, 5.41) is 0. The minimum atomic E-state index is -0.786. The lowest BCUT2D eigenvalue weighted by atomic mass is 9.44. The molecule has 0 spiro atoms. The van der Waals surface area contributed by atoms with Crippen LogP contribution in [0.25, 0.3) is 0 Å². The molecule has 0 aliphatic heterocycles. The summed E-state index contributed by atoms with van der Waals surface area (Å²) in [6.45, 7) is 49.1. The Kier molecular flexibility index (Phi) is 31.7. The zero-order chi connectivity index (χ0) is 79.0. The number of esters is 5. The second kappa shape index (κ2) is 37.4. The Morgan fingerprint density at radius 1 is 0.330 bits per heavy atom. The average molecular weight is 1470 g/mol. The normalized spacial score (nSPS) is 23.7. The van der Waals surface area contributed by atoms with Crippen molar-refractivity contribution < 1.29 is 47.7 Å². The first-order valence-electron chi connectivity index (χ1n) is 43.0. The highest BCUT2D eigenvalue weighted by Gasteiger charge is 2.62. The summed E-state index contributed by atoms with van der Waals surface area (Å²) < 4.78 is 30.5. The molecule has 9 aliphatic rings. The summed E-state index contributed by atoms with van der Waals surface area (Å²) in [7, 11) is 0. The van der Waals surface area contributed by atoms with Crippen LogP contribution < -0.4 is 0 Å². The van der Waals surface area contributed by atoms with Crippen LogP contribution in [-0.2, 0) is 58.9 Å². The molecule has 0 atom stereocenters. The van der Waals surface area contributed by atoms with Crippen molar-refractivity contribution in [2.24, 2.45) is 79.3 Å². The van der Waals surface area contributed by atoms with Crippen molar-refractivity contribution in [3.05, 3.63) is 108 Å². The number of benzene rings is 3. The first-order valence-corrected chi connectivity index (χ1v) is 43.0. The van der Waals surface area contributed by atoms with Crippen LogP contribution in [-0.4, -0.2) is 46.6 Å². The number of ether oxygens (including phenoxy) is 5. The smallest absolute Gasteiger partial charge is 0.312 e. The Morgan fingerprint density at radius 3 is 0.943 bits per heavy atom. The van der Waals surface area contributed by atoms with Gasteiger partial charge in [0.2, 0.25) is 0 Å². The van der Waals surface area contributed by atoms with Gasteiger partial charge in [0.05, 0.1) is 27.1 Å². The van der Waals surface area contributed by atoms with E-state index in [-0.39, 0.29) is 68.3 Å². The largest absolute Gasteiger partial charge is 0.459 e. The Bertz CT molecular complexity index is 3090. The minimum Gasteiger partial charge on any atom is -0.459 e. The molecule has 598 valence electrons. The van der Waals surface area contributed by atoms with Gasteiger partial charge in [0.1, 0.15) is 22.4 Å². The molecule has 3 aromatic rings. The molecule has 0 unspecified atom stereocenters. The standard InChI is InChI=1S/C22H38O2.C21H36O2.C20H24O2.C18H34O2.C15H22O2/c1-6-20(4,5)19(23)24-22(7-2,8-3)15-21-12-16-9-17(13-21)11-18(10-16)14-21;1-6-19(4,5)18(22)23-21(7-2,8-3)20-12-15-9-16(13-20)11-17(10-15)14-20;1-5-19(2,3)18(21)22-20(4,16-12-8-6-9-13-16)17-14-10-7-11-15-17;1-6-17(4,5)16(19)20-18(7-2,8-3)14-15-12-10-9-11-13-15;1-6-14(2,3)13(16)17-15(4,5)12-10-8-7-9-11-12/h16-18H,6-15H2,1-5H3;15-17H,6-14H2,1-5H3;6-15H,5H2,1-4H3;15H,6-14H2,1-5H3;7-11H,6H2,1-5H3. The summed E-state index contributed by atoms with van der Waals surface area (Å²) in [5.74, 6) is 6.05. The molecule has 0 N–H and O–H groups in total. The van der Waals surface area contributed by atoms with Crippen molar-refractivity contribution in [1.29, 1.82) is 0 Å². The van der Waals surface area contributed by atoms with Gasteiger partial charge in [0.15, 0.2) is 5.60 Å². The van der Waals surface area contributed by atoms with Gasteiger partial charge < -0.3 is 23.7 Å². The lowest BCUT2D eigenvalue weighted by molar-refractivity contribution is -0.219. The van der Waals surface area contributed by atoms with E-state index < -0.39 is 22.0 Å². The summed E-state index contributed by atoms with van der Waals surface area (Å²) in [5.41, 5.74) is -0.372. The van der Waals surface area contributed by atoms with Crippen LogP contribution >= 0.6 is 0 Å². The Balaban J connectivity index is 0.000000209. The van der Waals surface area contributed by atoms with Gasteiger partial charge in [-0.25, -0.2) is 0 Å². The fraction of sp³-hybridized carbons (Fsp3) is 0.760. The molecule has 12 rings (SSSR count). The number of hydrogen-bond donors (Lipinski definition) is 0. The van der Waals surface area contributed by atoms with Gasteiger partial charge in [-0.05, 0) is 314 Å². The Labute approximate surface area is 647 Å². The number of hydrogen-bond acceptors (Lipinski definition) is 10. The monoisotopic (exact) mass is 1470 g/mol. The molecule has 0 saturated heterocycles. The van der Waals surface area contributed by atoms with Crippen molar-refractivity contribution in [3.63, 3.8) is 0 Å². The van der Waals surface area contributed by atoms with Crippen LogP contribution in [0.2, 0.25) is 0 Å². The first kappa shape index (κ1) is 89.9. The molecule has 0 heterocycles. The van der Waals surface area contributed by atoms with Gasteiger partial charge in [0, 0.05) is 5.41 Å². The molecule has 9 fully saturated rings. The quantitative estimate of drug-likeness (QED) is 0.0489. The van der Waals surface area contributed by atoms with E-state index >= 15 is 0 Å². The summed E-state index contributed by atoms with van der Waals surface area (Å²) >= 11 is 0. The van der Waals surface area contributed by atoms with E-state index in [1.165, 1.54) is 109 Å². The molecule has 0 radical (unpaired) electrons. The van der Waals surface area contributed by atoms with Crippen molar-refractivity contribution in [2.75, 3.05) is 0 Å². The Morgan fingerprint density at radius 2 is 0.623 bits per heavy atom. The maximum Gasteiger partial charge on any atom is 0.312 e. The van der Waals surface area contributed by atoms with Crippen molar-refractivity contribution in [3.8, 4) is 0 Å². The van der Waals surface area contributed by atoms with Crippen molar-refractivity contribution >= 4 is 29.8 Å². The highest BCUT2D eigenvalue weighted by atomic mass is 16.6. The molecular weight excluding hydrogens is 1310 g/mol. The SMILES string of the molecule is CCC(C)(C)C(=O)OC(C)(C)c1ccccc1.CCC(C)(C)C(=O)OC(C)(c1ccccc1)c1ccccc1.CCC(C)(C)C(=O)OC(CC)(CC)C12CC3CC(CC(C3)C1)C2.CCC(CC)(CC12CC3CC(CC(C3)C1)C2)OC(=O)C(C)(C)CC.CCC(CC)(CC1CCCCC1)OC(=O)C(C)(C)CC. The minimum absolute atomic E-state index is 0.0124. The predicted octanol–water partition coefficient (Wildman–Crippen LogP) is 26.2. The molecule has 9 aliphatic carbocycles. The highest BCUT2D eigenvalue weighted by Crippen LogP contribution is 2.67. The number of rotatable bonds is 29.